The van der Waals surface area contributed by atoms with Crippen LogP contribution in [0.1, 0.15) is 46.2 Å². The molecule has 1 saturated carbocycles. The summed E-state index contributed by atoms with van der Waals surface area (Å²) in [5, 5.41) is 22.3. The Morgan fingerprint density at radius 3 is 2.67 bits per heavy atom. The van der Waals surface area contributed by atoms with E-state index in [0.717, 1.165) is 0 Å². The normalized spacial score (nSPS) is 21.3. The maximum atomic E-state index is 14.1. The van der Waals surface area contributed by atoms with E-state index in [1.54, 1.807) is 4.90 Å². The first-order valence-corrected chi connectivity index (χ1v) is 10.7. The highest BCUT2D eigenvalue weighted by molar-refractivity contribution is 6.30. The Labute approximate surface area is 200 Å². The Balaban J connectivity index is 0.00000306. The van der Waals surface area contributed by atoms with Gasteiger partial charge < -0.3 is 25.0 Å². The first kappa shape index (κ1) is 25.0. The van der Waals surface area contributed by atoms with E-state index in [2.05, 4.69) is 5.32 Å². The van der Waals surface area contributed by atoms with E-state index >= 15 is 0 Å². The number of nitrogens with zero attached hydrogens (tertiary/aromatic N) is 2. The molecular formula is C22H24Cl2FN3O5. The van der Waals surface area contributed by atoms with Crippen LogP contribution in [-0.2, 0) is 13.1 Å². The molecule has 0 bridgehead atoms. The Kier molecular flexibility index (Phi) is 7.07. The van der Waals surface area contributed by atoms with E-state index in [0.29, 0.717) is 19.4 Å². The summed E-state index contributed by atoms with van der Waals surface area (Å²) in [7, 11) is 0. The van der Waals surface area contributed by atoms with Crippen molar-refractivity contribution in [1.29, 1.82) is 0 Å². The number of aromatic hydroxyl groups is 1. The molecule has 0 unspecified atom stereocenters. The van der Waals surface area contributed by atoms with Crippen molar-refractivity contribution < 1.29 is 24.2 Å². The Morgan fingerprint density at radius 2 is 2.03 bits per heavy atom. The van der Waals surface area contributed by atoms with Gasteiger partial charge in [0, 0.05) is 38.0 Å². The summed E-state index contributed by atoms with van der Waals surface area (Å²) in [6.07, 6.45) is 2.44. The summed E-state index contributed by atoms with van der Waals surface area (Å²) in [5.41, 5.74) is -1.87. The summed E-state index contributed by atoms with van der Waals surface area (Å²) in [5.74, 6) is -2.68. The third-order valence-corrected chi connectivity index (χ3v) is 6.66. The molecule has 33 heavy (non-hydrogen) atoms. The van der Waals surface area contributed by atoms with Crippen molar-refractivity contribution in [1.82, 2.24) is 14.8 Å². The first-order chi connectivity index (χ1) is 15.2. The van der Waals surface area contributed by atoms with Gasteiger partial charge in [0.1, 0.15) is 11.4 Å². The molecule has 1 fully saturated rings. The zero-order valence-corrected chi connectivity index (χ0v) is 19.4. The highest BCUT2D eigenvalue weighted by Crippen LogP contribution is 2.46. The number of carbonyl (C=O) groups is 2. The summed E-state index contributed by atoms with van der Waals surface area (Å²) in [4.78, 5) is 40.1. The molecule has 178 valence electrons. The number of benzene rings is 1. The lowest BCUT2D eigenvalue weighted by Crippen LogP contribution is -2.65. The third kappa shape index (κ3) is 4.09. The van der Waals surface area contributed by atoms with Crippen molar-refractivity contribution in [3.63, 3.8) is 0 Å². The minimum Gasteiger partial charge on any atom is -0.503 e. The molecule has 1 spiro atoms. The van der Waals surface area contributed by atoms with Crippen molar-refractivity contribution in [2.45, 2.75) is 38.4 Å². The number of fused-ring (bicyclic) bond motifs is 1. The zero-order valence-electron chi connectivity index (χ0n) is 17.8. The number of halogens is 3. The number of likely N-dealkylation sites (N-methyl/N-ethyl adjacent to an activating group) is 1. The SMILES string of the molecule is CCN1C(=O)c2c(O)c(=O)c(C(=O)NCc3cccc(Cl)c3F)cn2C[C@]12C[C@@H](CO)C2.Cl. The molecule has 3 N–H and O–H groups in total. The summed E-state index contributed by atoms with van der Waals surface area (Å²) < 4.78 is 15.5. The molecule has 0 atom stereocenters. The van der Waals surface area contributed by atoms with Crippen LogP contribution in [0.2, 0.25) is 5.02 Å². The number of aromatic nitrogens is 1. The molecule has 2 heterocycles. The van der Waals surface area contributed by atoms with Gasteiger partial charge in [-0.1, -0.05) is 23.7 Å². The van der Waals surface area contributed by atoms with Gasteiger partial charge in [-0.2, -0.15) is 0 Å². The summed E-state index contributed by atoms with van der Waals surface area (Å²) >= 11 is 5.75. The van der Waals surface area contributed by atoms with Crippen LogP contribution in [0.3, 0.4) is 0 Å². The van der Waals surface area contributed by atoms with Crippen LogP contribution in [0, 0.1) is 11.7 Å². The van der Waals surface area contributed by atoms with Crippen molar-refractivity contribution in [2.75, 3.05) is 13.2 Å². The molecule has 1 aromatic heterocycles. The Hall–Kier alpha value is -2.62. The van der Waals surface area contributed by atoms with Crippen LogP contribution in [0.15, 0.2) is 29.2 Å². The van der Waals surface area contributed by atoms with Crippen LogP contribution in [-0.4, -0.2) is 50.2 Å². The van der Waals surface area contributed by atoms with E-state index in [9.17, 15) is 29.0 Å². The lowest BCUT2D eigenvalue weighted by atomic mass is 9.66. The highest BCUT2D eigenvalue weighted by Gasteiger charge is 2.53. The maximum absolute atomic E-state index is 14.1. The van der Waals surface area contributed by atoms with Gasteiger partial charge in [0.25, 0.3) is 11.8 Å². The summed E-state index contributed by atoms with van der Waals surface area (Å²) in [6, 6.07) is 4.37. The number of pyridine rings is 1. The Morgan fingerprint density at radius 1 is 1.33 bits per heavy atom. The standard InChI is InChI=1S/C22H23ClFN3O5.ClH/c1-2-27-21(32)17-19(30)18(29)14(9-26(17)11-22(27)6-12(7-22)10-28)20(31)25-8-13-4-3-5-15(23)16(13)24;/h3-5,9,12,28,30H,2,6-8,10-11H2,1H3,(H,25,31);1H/t12-,22-;. The average molecular weight is 500 g/mol. The Bertz CT molecular complexity index is 1160. The largest absolute Gasteiger partial charge is 0.503 e. The second kappa shape index (κ2) is 9.32. The number of hydrogen-bond donors (Lipinski definition) is 3. The minimum absolute atomic E-state index is 0. The van der Waals surface area contributed by atoms with Crippen molar-refractivity contribution in [3.05, 3.63) is 62.3 Å². The number of amides is 2. The molecule has 11 heteroatoms. The fraction of sp³-hybridized carbons (Fsp3) is 0.409. The number of hydrogen-bond acceptors (Lipinski definition) is 5. The van der Waals surface area contributed by atoms with E-state index in [1.807, 2.05) is 6.92 Å². The van der Waals surface area contributed by atoms with E-state index < -0.39 is 34.3 Å². The molecule has 1 aliphatic carbocycles. The van der Waals surface area contributed by atoms with Gasteiger partial charge in [0.15, 0.2) is 11.4 Å². The predicted molar refractivity (Wildman–Crippen MR) is 121 cm³/mol. The number of aliphatic hydroxyl groups excluding tert-OH is 1. The zero-order chi connectivity index (χ0) is 23.2. The number of aliphatic hydroxyl groups is 1. The van der Waals surface area contributed by atoms with Gasteiger partial charge in [-0.15, -0.1) is 12.4 Å². The molecule has 1 aliphatic heterocycles. The molecule has 2 aliphatic rings. The van der Waals surface area contributed by atoms with Crippen LogP contribution < -0.4 is 10.7 Å². The monoisotopic (exact) mass is 499 g/mol. The predicted octanol–water partition coefficient (Wildman–Crippen LogP) is 2.31. The molecule has 2 amide bonds. The highest BCUT2D eigenvalue weighted by atomic mass is 35.5. The van der Waals surface area contributed by atoms with Crippen LogP contribution in [0.25, 0.3) is 0 Å². The van der Waals surface area contributed by atoms with Crippen molar-refractivity contribution in [3.8, 4) is 5.75 Å². The average Bonchev–Trinajstić information content (AvgIpc) is 2.74. The second-order valence-electron chi connectivity index (χ2n) is 8.32. The van der Waals surface area contributed by atoms with Crippen LogP contribution in [0.4, 0.5) is 4.39 Å². The fourth-order valence-corrected chi connectivity index (χ4v) is 5.03. The molecule has 2 aromatic rings. The molecule has 4 rings (SSSR count). The molecule has 0 saturated heterocycles. The molecule has 8 nitrogen and oxygen atoms in total. The lowest BCUT2D eigenvalue weighted by molar-refractivity contribution is -0.0478. The van der Waals surface area contributed by atoms with E-state index in [1.165, 1.54) is 29.0 Å². The van der Waals surface area contributed by atoms with Gasteiger partial charge in [0.2, 0.25) is 5.43 Å². The topological polar surface area (TPSA) is 112 Å². The minimum atomic E-state index is -0.970. The van der Waals surface area contributed by atoms with Gasteiger partial charge in [-0.25, -0.2) is 4.39 Å². The van der Waals surface area contributed by atoms with Gasteiger partial charge in [-0.05, 0) is 31.7 Å². The lowest BCUT2D eigenvalue weighted by Gasteiger charge is -2.56. The smallest absolute Gasteiger partial charge is 0.275 e. The number of nitrogens with one attached hydrogen (secondary N) is 1. The van der Waals surface area contributed by atoms with E-state index in [4.69, 9.17) is 11.6 Å². The quantitative estimate of drug-likeness (QED) is 0.584. The van der Waals surface area contributed by atoms with Gasteiger partial charge in [0.05, 0.1) is 10.6 Å². The maximum Gasteiger partial charge on any atom is 0.275 e. The molecular weight excluding hydrogens is 476 g/mol. The van der Waals surface area contributed by atoms with E-state index in [-0.39, 0.29) is 59.9 Å². The van der Waals surface area contributed by atoms with Gasteiger partial charge >= 0.3 is 0 Å². The van der Waals surface area contributed by atoms with Gasteiger partial charge in [-0.3, -0.25) is 14.4 Å². The van der Waals surface area contributed by atoms with Crippen molar-refractivity contribution in [2.24, 2.45) is 5.92 Å². The first-order valence-electron chi connectivity index (χ1n) is 10.3. The van der Waals surface area contributed by atoms with Crippen molar-refractivity contribution >= 4 is 35.8 Å². The molecule has 1 aromatic carbocycles. The molecule has 0 radical (unpaired) electrons. The fourth-order valence-electron chi connectivity index (χ4n) is 4.83. The number of carbonyl (C=O) groups excluding carboxylic acids is 2. The second-order valence-corrected chi connectivity index (χ2v) is 8.73. The number of rotatable bonds is 5. The third-order valence-electron chi connectivity index (χ3n) is 6.37. The summed E-state index contributed by atoms with van der Waals surface area (Å²) in [6.45, 7) is 2.29. The van der Waals surface area contributed by atoms with Crippen LogP contribution in [0.5, 0.6) is 5.75 Å². The van der Waals surface area contributed by atoms with Crippen LogP contribution >= 0.6 is 24.0 Å².